The first kappa shape index (κ1) is 22.9. The topological polar surface area (TPSA) is 74.2 Å². The predicted octanol–water partition coefficient (Wildman–Crippen LogP) is 3.20. The monoisotopic (exact) mass is 494 g/mol. The van der Waals surface area contributed by atoms with Gasteiger partial charge in [-0.1, -0.05) is 29.8 Å². The number of aryl methyl sites for hydroxylation is 1. The summed E-state index contributed by atoms with van der Waals surface area (Å²) in [6.45, 7) is 3.42. The van der Waals surface area contributed by atoms with Gasteiger partial charge in [0.05, 0.1) is 0 Å². The highest BCUT2D eigenvalue weighted by Crippen LogP contribution is 2.27. The fraction of sp³-hybridized carbons (Fsp3) is 0.353. The molecule has 0 aliphatic rings. The van der Waals surface area contributed by atoms with Crippen LogP contribution in [0.25, 0.3) is 0 Å². The summed E-state index contributed by atoms with van der Waals surface area (Å²) in [5.74, 6) is 0.529. The van der Waals surface area contributed by atoms with Gasteiger partial charge in [0.2, 0.25) is 5.95 Å². The van der Waals surface area contributed by atoms with Gasteiger partial charge < -0.3 is 16.0 Å². The molecule has 0 fully saturated rings. The Bertz CT molecular complexity index is 734. The number of aliphatic imine (C=N–C) groups is 1. The molecule has 3 N–H and O–H groups in total. The lowest BCUT2D eigenvalue weighted by molar-refractivity contribution is -0.141. The first-order valence-corrected chi connectivity index (χ1v) is 8.02. The van der Waals surface area contributed by atoms with Crippen LogP contribution in [0.1, 0.15) is 16.8 Å². The van der Waals surface area contributed by atoms with E-state index in [1.807, 2.05) is 31.2 Å². The first-order chi connectivity index (χ1) is 12.4. The Kier molecular flexibility index (Phi) is 9.26. The summed E-state index contributed by atoms with van der Waals surface area (Å²) in [7, 11) is 1.65. The minimum atomic E-state index is -4.49. The van der Waals surface area contributed by atoms with Gasteiger partial charge in [-0.15, -0.1) is 24.0 Å². The number of benzene rings is 1. The number of anilines is 1. The third-order valence-corrected chi connectivity index (χ3v) is 3.45. The van der Waals surface area contributed by atoms with Gasteiger partial charge in [-0.25, -0.2) is 9.97 Å². The van der Waals surface area contributed by atoms with Crippen molar-refractivity contribution in [3.63, 3.8) is 0 Å². The Morgan fingerprint density at radius 1 is 1.07 bits per heavy atom. The molecule has 27 heavy (non-hydrogen) atoms. The van der Waals surface area contributed by atoms with Crippen molar-refractivity contribution in [1.29, 1.82) is 0 Å². The Labute approximate surface area is 173 Å². The van der Waals surface area contributed by atoms with Crippen LogP contribution in [-0.4, -0.2) is 36.1 Å². The van der Waals surface area contributed by atoms with E-state index in [4.69, 9.17) is 0 Å². The van der Waals surface area contributed by atoms with E-state index >= 15 is 0 Å². The summed E-state index contributed by atoms with van der Waals surface area (Å²) in [6, 6.07) is 8.96. The van der Waals surface area contributed by atoms with Crippen LogP contribution in [0.5, 0.6) is 0 Å². The maximum atomic E-state index is 12.6. The molecule has 6 nitrogen and oxygen atoms in total. The van der Waals surface area contributed by atoms with E-state index in [0.717, 1.165) is 17.8 Å². The molecule has 148 valence electrons. The summed E-state index contributed by atoms with van der Waals surface area (Å²) in [5, 5.41) is 8.98. The number of rotatable bonds is 6. The highest BCUT2D eigenvalue weighted by molar-refractivity contribution is 14.0. The molecule has 0 spiro atoms. The molecule has 0 saturated heterocycles. The molecule has 0 saturated carbocycles. The van der Waals surface area contributed by atoms with E-state index in [9.17, 15) is 13.2 Å². The fourth-order valence-electron chi connectivity index (χ4n) is 2.07. The highest BCUT2D eigenvalue weighted by Gasteiger charge is 2.32. The van der Waals surface area contributed by atoms with Gasteiger partial charge in [-0.2, -0.15) is 13.2 Å². The first-order valence-electron chi connectivity index (χ1n) is 8.02. The maximum absolute atomic E-state index is 12.6. The third kappa shape index (κ3) is 7.97. The van der Waals surface area contributed by atoms with Crippen LogP contribution in [0.3, 0.4) is 0 Å². The van der Waals surface area contributed by atoms with Crippen LogP contribution >= 0.6 is 24.0 Å². The van der Waals surface area contributed by atoms with E-state index in [-0.39, 0.29) is 29.9 Å². The number of halogens is 4. The summed E-state index contributed by atoms with van der Waals surface area (Å²) in [4.78, 5) is 11.3. The van der Waals surface area contributed by atoms with E-state index in [1.165, 1.54) is 5.56 Å². The second-order valence-electron chi connectivity index (χ2n) is 5.53. The van der Waals surface area contributed by atoms with Crippen LogP contribution in [0.15, 0.2) is 41.5 Å². The van der Waals surface area contributed by atoms with Gasteiger partial charge in [0.25, 0.3) is 0 Å². The SMILES string of the molecule is CN=C(NCCNc1nccc(C(F)(F)F)n1)NCc1ccc(C)cc1.I. The summed E-state index contributed by atoms with van der Waals surface area (Å²) < 4.78 is 37.8. The molecule has 1 heterocycles. The fourth-order valence-corrected chi connectivity index (χ4v) is 2.07. The second-order valence-corrected chi connectivity index (χ2v) is 5.53. The number of nitrogens with zero attached hydrogens (tertiary/aromatic N) is 3. The molecule has 0 bridgehead atoms. The van der Waals surface area contributed by atoms with Crippen LogP contribution in [0, 0.1) is 6.92 Å². The number of nitrogens with one attached hydrogen (secondary N) is 3. The lowest BCUT2D eigenvalue weighted by Gasteiger charge is -2.13. The normalized spacial score (nSPS) is 11.5. The average molecular weight is 494 g/mol. The third-order valence-electron chi connectivity index (χ3n) is 3.45. The van der Waals surface area contributed by atoms with Crippen molar-refractivity contribution in [3.05, 3.63) is 53.3 Å². The number of aromatic nitrogens is 2. The summed E-state index contributed by atoms with van der Waals surface area (Å²) >= 11 is 0. The smallest absolute Gasteiger partial charge is 0.355 e. The van der Waals surface area contributed by atoms with Crippen molar-refractivity contribution in [2.24, 2.45) is 4.99 Å². The molecule has 0 aliphatic heterocycles. The van der Waals surface area contributed by atoms with E-state index in [0.29, 0.717) is 25.6 Å². The van der Waals surface area contributed by atoms with Crippen molar-refractivity contribution in [1.82, 2.24) is 20.6 Å². The van der Waals surface area contributed by atoms with Crippen molar-refractivity contribution in [2.45, 2.75) is 19.6 Å². The lowest BCUT2D eigenvalue weighted by atomic mass is 10.1. The molecule has 0 radical (unpaired) electrons. The maximum Gasteiger partial charge on any atom is 0.433 e. The minimum absolute atomic E-state index is 0. The lowest BCUT2D eigenvalue weighted by Crippen LogP contribution is -2.39. The number of guanidine groups is 1. The molecule has 2 aromatic rings. The van der Waals surface area contributed by atoms with E-state index < -0.39 is 11.9 Å². The second kappa shape index (κ2) is 10.9. The van der Waals surface area contributed by atoms with Crippen molar-refractivity contribution >= 4 is 35.9 Å². The van der Waals surface area contributed by atoms with Crippen LogP contribution in [0.4, 0.5) is 19.1 Å². The van der Waals surface area contributed by atoms with Gasteiger partial charge in [-0.3, -0.25) is 4.99 Å². The Hall–Kier alpha value is -2.11. The number of hydrogen-bond acceptors (Lipinski definition) is 4. The summed E-state index contributed by atoms with van der Waals surface area (Å²) in [6.07, 6.45) is -3.41. The molecule has 2 rings (SSSR count). The molecule has 1 aromatic carbocycles. The standard InChI is InChI=1S/C17H21F3N6.HI/c1-12-3-5-13(6-4-12)11-25-15(21-2)23-9-10-24-16-22-8-7-14(26-16)17(18,19)20;/h3-8H,9-11H2,1-2H3,(H2,21,23,25)(H,22,24,26);1H. The molecule has 0 aliphatic carbocycles. The number of alkyl halides is 3. The zero-order chi connectivity index (χ0) is 19.0. The van der Waals surface area contributed by atoms with Crippen molar-refractivity contribution in [3.8, 4) is 0 Å². The Balaban J connectivity index is 0.00000364. The molecular formula is C17H22F3IN6. The van der Waals surface area contributed by atoms with Gasteiger partial charge in [0.15, 0.2) is 5.96 Å². The van der Waals surface area contributed by atoms with Crippen LogP contribution in [-0.2, 0) is 12.7 Å². The van der Waals surface area contributed by atoms with Crippen molar-refractivity contribution in [2.75, 3.05) is 25.5 Å². The van der Waals surface area contributed by atoms with Gasteiger partial charge in [0, 0.05) is 32.9 Å². The van der Waals surface area contributed by atoms with E-state index in [1.54, 1.807) is 7.05 Å². The Morgan fingerprint density at radius 2 is 1.78 bits per heavy atom. The Morgan fingerprint density at radius 3 is 2.41 bits per heavy atom. The van der Waals surface area contributed by atoms with E-state index in [2.05, 4.69) is 30.9 Å². The molecular weight excluding hydrogens is 472 g/mol. The number of hydrogen-bond donors (Lipinski definition) is 3. The van der Waals surface area contributed by atoms with Crippen LogP contribution in [0.2, 0.25) is 0 Å². The summed E-state index contributed by atoms with van der Waals surface area (Å²) in [5.41, 5.74) is 1.34. The molecule has 0 amide bonds. The van der Waals surface area contributed by atoms with Crippen molar-refractivity contribution < 1.29 is 13.2 Å². The zero-order valence-electron chi connectivity index (χ0n) is 15.0. The van der Waals surface area contributed by atoms with Gasteiger partial charge in [0.1, 0.15) is 5.69 Å². The highest BCUT2D eigenvalue weighted by atomic mass is 127. The van der Waals surface area contributed by atoms with Crippen LogP contribution < -0.4 is 16.0 Å². The quantitative estimate of drug-likeness (QED) is 0.249. The molecule has 0 atom stereocenters. The molecule has 10 heteroatoms. The minimum Gasteiger partial charge on any atom is -0.355 e. The van der Waals surface area contributed by atoms with Gasteiger partial charge in [-0.05, 0) is 18.6 Å². The molecule has 1 aromatic heterocycles. The van der Waals surface area contributed by atoms with Gasteiger partial charge >= 0.3 is 6.18 Å². The predicted molar refractivity (Wildman–Crippen MR) is 110 cm³/mol. The average Bonchev–Trinajstić information content (AvgIpc) is 2.62. The zero-order valence-corrected chi connectivity index (χ0v) is 17.3. The molecule has 0 unspecified atom stereocenters. The largest absolute Gasteiger partial charge is 0.433 e.